The molecule has 84 valence electrons. The molecule has 0 radical (unpaired) electrons. The highest BCUT2D eigenvalue weighted by Gasteiger charge is 2.09. The van der Waals surface area contributed by atoms with Crippen molar-refractivity contribution in [2.75, 3.05) is 0 Å². The second-order valence-corrected chi connectivity index (χ2v) is 3.58. The molecule has 0 spiro atoms. The number of hydrogen-bond acceptors (Lipinski definition) is 3. The van der Waals surface area contributed by atoms with Crippen LogP contribution in [-0.2, 0) is 16.1 Å². The van der Waals surface area contributed by atoms with Crippen LogP contribution < -0.4 is 0 Å². The zero-order valence-corrected chi connectivity index (χ0v) is 9.25. The Morgan fingerprint density at radius 2 is 2.19 bits per heavy atom. The largest absolute Gasteiger partial charge is 0.461 e. The number of nitrogens with zero attached hydrogens (tertiary/aromatic N) is 3. The van der Waals surface area contributed by atoms with E-state index in [0.29, 0.717) is 11.3 Å². The van der Waals surface area contributed by atoms with Crippen molar-refractivity contribution < 1.29 is 9.53 Å². The Balaban J connectivity index is 2.73. The molecule has 0 saturated heterocycles. The summed E-state index contributed by atoms with van der Waals surface area (Å²) in [5.41, 5.74) is 9.55. The third-order valence-corrected chi connectivity index (χ3v) is 1.99. The van der Waals surface area contributed by atoms with Crippen LogP contribution in [-0.4, -0.2) is 5.97 Å². The maximum Gasteiger partial charge on any atom is 0.308 e. The average Bonchev–Trinajstić information content (AvgIpc) is 2.27. The molecule has 5 heteroatoms. The fourth-order valence-corrected chi connectivity index (χ4v) is 1.09. The normalized spacial score (nSPS) is 9.69. The van der Waals surface area contributed by atoms with E-state index in [1.54, 1.807) is 38.1 Å². The van der Waals surface area contributed by atoms with Gasteiger partial charge in [0.2, 0.25) is 0 Å². The Bertz CT molecular complexity index is 423. The van der Waals surface area contributed by atoms with Gasteiger partial charge in [-0.1, -0.05) is 43.2 Å². The summed E-state index contributed by atoms with van der Waals surface area (Å²) in [6, 6.07) is 7.00. The van der Waals surface area contributed by atoms with E-state index in [1.165, 1.54) is 0 Å². The first-order valence-electron chi connectivity index (χ1n) is 4.94. The molecule has 0 aliphatic heterocycles. The van der Waals surface area contributed by atoms with Crippen molar-refractivity contribution in [3.63, 3.8) is 0 Å². The first-order valence-corrected chi connectivity index (χ1v) is 4.94. The Hall–Kier alpha value is -2.00. The molecule has 0 bridgehead atoms. The maximum absolute atomic E-state index is 11.3. The zero-order chi connectivity index (χ0) is 12.0. The van der Waals surface area contributed by atoms with Crippen molar-refractivity contribution in [1.82, 2.24) is 0 Å². The van der Waals surface area contributed by atoms with Crippen LogP contribution >= 0.6 is 0 Å². The summed E-state index contributed by atoms with van der Waals surface area (Å²) in [7, 11) is 0. The summed E-state index contributed by atoms with van der Waals surface area (Å²) >= 11 is 0. The lowest BCUT2D eigenvalue weighted by Gasteiger charge is -2.08. The van der Waals surface area contributed by atoms with Crippen LogP contribution in [0, 0.1) is 5.92 Å². The van der Waals surface area contributed by atoms with Gasteiger partial charge in [-0.25, -0.2) is 0 Å². The van der Waals surface area contributed by atoms with Crippen LogP contribution in [0.4, 0.5) is 5.69 Å². The molecule has 0 aliphatic carbocycles. The standard InChI is InChI=1S/C11H13N3O2/c1-8(2)11(15)16-7-9-5-3-4-6-10(9)13-14-12/h3-6,8H,7H2,1-2H3. The summed E-state index contributed by atoms with van der Waals surface area (Å²) < 4.78 is 5.05. The molecule has 0 fully saturated rings. The Morgan fingerprint density at radius 3 is 2.81 bits per heavy atom. The second-order valence-electron chi connectivity index (χ2n) is 3.58. The molecule has 0 unspecified atom stereocenters. The quantitative estimate of drug-likeness (QED) is 0.337. The smallest absolute Gasteiger partial charge is 0.308 e. The van der Waals surface area contributed by atoms with Gasteiger partial charge in [0.1, 0.15) is 6.61 Å². The summed E-state index contributed by atoms with van der Waals surface area (Å²) in [5, 5.41) is 3.52. The minimum absolute atomic E-state index is 0.131. The van der Waals surface area contributed by atoms with Gasteiger partial charge in [-0.15, -0.1) is 0 Å². The number of carbonyl (C=O) groups is 1. The predicted octanol–water partition coefficient (Wildman–Crippen LogP) is 3.33. The predicted molar refractivity (Wildman–Crippen MR) is 59.9 cm³/mol. The first-order chi connectivity index (χ1) is 7.65. The molecule has 0 saturated carbocycles. The molecule has 16 heavy (non-hydrogen) atoms. The van der Waals surface area contributed by atoms with Gasteiger partial charge in [-0.05, 0) is 11.1 Å². The molecule has 0 heterocycles. The van der Waals surface area contributed by atoms with Crippen LogP contribution in [0.3, 0.4) is 0 Å². The average molecular weight is 219 g/mol. The molecule has 5 nitrogen and oxygen atoms in total. The summed E-state index contributed by atoms with van der Waals surface area (Å²) in [4.78, 5) is 14.0. The molecule has 0 N–H and O–H groups in total. The Kier molecular flexibility index (Phi) is 4.36. The van der Waals surface area contributed by atoms with Crippen LogP contribution in [0.5, 0.6) is 0 Å². The molecule has 0 atom stereocenters. The van der Waals surface area contributed by atoms with E-state index in [4.69, 9.17) is 10.3 Å². The summed E-state index contributed by atoms with van der Waals surface area (Å²) in [5.74, 6) is -0.428. The lowest BCUT2D eigenvalue weighted by Crippen LogP contribution is -2.11. The van der Waals surface area contributed by atoms with Gasteiger partial charge in [0, 0.05) is 10.6 Å². The summed E-state index contributed by atoms with van der Waals surface area (Å²) in [6.45, 7) is 3.66. The van der Waals surface area contributed by atoms with E-state index < -0.39 is 0 Å². The number of ether oxygens (including phenoxy) is 1. The van der Waals surface area contributed by atoms with Crippen LogP contribution in [0.2, 0.25) is 0 Å². The Morgan fingerprint density at radius 1 is 1.50 bits per heavy atom. The Labute approximate surface area is 93.7 Å². The number of hydrogen-bond donors (Lipinski definition) is 0. The monoisotopic (exact) mass is 219 g/mol. The van der Waals surface area contributed by atoms with Gasteiger partial charge in [0.05, 0.1) is 5.92 Å². The van der Waals surface area contributed by atoms with Gasteiger partial charge in [-0.3, -0.25) is 4.79 Å². The second kappa shape index (κ2) is 5.78. The van der Waals surface area contributed by atoms with Crippen molar-refractivity contribution in [1.29, 1.82) is 0 Å². The minimum atomic E-state index is -0.268. The molecule has 0 aliphatic rings. The molecular weight excluding hydrogens is 206 g/mol. The number of azide groups is 1. The van der Waals surface area contributed by atoms with E-state index >= 15 is 0 Å². The lowest BCUT2D eigenvalue weighted by atomic mass is 10.2. The first kappa shape index (κ1) is 12.1. The van der Waals surface area contributed by atoms with Gasteiger partial charge < -0.3 is 4.74 Å². The zero-order valence-electron chi connectivity index (χ0n) is 9.25. The van der Waals surface area contributed by atoms with Gasteiger partial charge in [-0.2, -0.15) is 0 Å². The molecule has 1 aromatic carbocycles. The summed E-state index contributed by atoms with van der Waals surface area (Å²) in [6.07, 6.45) is 0. The molecule has 1 aromatic rings. The van der Waals surface area contributed by atoms with Gasteiger partial charge in [0.25, 0.3) is 0 Å². The van der Waals surface area contributed by atoms with Crippen molar-refractivity contribution in [3.05, 3.63) is 40.3 Å². The topological polar surface area (TPSA) is 75.1 Å². The van der Waals surface area contributed by atoms with E-state index in [-0.39, 0.29) is 18.5 Å². The van der Waals surface area contributed by atoms with E-state index in [2.05, 4.69) is 10.0 Å². The molecule has 1 rings (SSSR count). The maximum atomic E-state index is 11.3. The third kappa shape index (κ3) is 3.29. The number of benzene rings is 1. The van der Waals surface area contributed by atoms with Crippen molar-refractivity contribution in [3.8, 4) is 0 Å². The van der Waals surface area contributed by atoms with E-state index in [9.17, 15) is 4.79 Å². The van der Waals surface area contributed by atoms with Gasteiger partial charge >= 0.3 is 5.97 Å². The highest BCUT2D eigenvalue weighted by Crippen LogP contribution is 2.19. The van der Waals surface area contributed by atoms with Crippen LogP contribution in [0.25, 0.3) is 10.4 Å². The highest BCUT2D eigenvalue weighted by atomic mass is 16.5. The molecular formula is C11H13N3O2. The van der Waals surface area contributed by atoms with Crippen molar-refractivity contribution in [2.24, 2.45) is 11.0 Å². The third-order valence-electron chi connectivity index (χ3n) is 1.99. The SMILES string of the molecule is CC(C)C(=O)OCc1ccccc1N=[N+]=[N-]. The number of carbonyl (C=O) groups excluding carboxylic acids is 1. The van der Waals surface area contributed by atoms with Crippen molar-refractivity contribution >= 4 is 11.7 Å². The van der Waals surface area contributed by atoms with Crippen LogP contribution in [0.15, 0.2) is 29.4 Å². The van der Waals surface area contributed by atoms with Crippen molar-refractivity contribution in [2.45, 2.75) is 20.5 Å². The fraction of sp³-hybridized carbons (Fsp3) is 0.364. The van der Waals surface area contributed by atoms with Crippen LogP contribution in [0.1, 0.15) is 19.4 Å². The van der Waals surface area contributed by atoms with E-state index in [0.717, 1.165) is 0 Å². The highest BCUT2D eigenvalue weighted by molar-refractivity contribution is 5.71. The number of esters is 1. The molecule has 0 aromatic heterocycles. The van der Waals surface area contributed by atoms with Gasteiger partial charge in [0.15, 0.2) is 0 Å². The number of rotatable bonds is 4. The van der Waals surface area contributed by atoms with E-state index in [1.807, 2.05) is 0 Å². The fourth-order valence-electron chi connectivity index (χ4n) is 1.09. The lowest BCUT2D eigenvalue weighted by molar-refractivity contribution is -0.148. The minimum Gasteiger partial charge on any atom is -0.461 e. The molecule has 0 amide bonds.